The van der Waals surface area contributed by atoms with E-state index in [0.717, 1.165) is 0 Å². The van der Waals surface area contributed by atoms with Gasteiger partial charge in [0.1, 0.15) is 0 Å². The molecule has 0 aromatic heterocycles. The van der Waals surface area contributed by atoms with Gasteiger partial charge < -0.3 is 21.4 Å². The average molecular weight is 317 g/mol. The van der Waals surface area contributed by atoms with E-state index in [4.69, 9.17) is 0 Å². The maximum Gasteiger partial charge on any atom is 4.00 e. The summed E-state index contributed by atoms with van der Waals surface area (Å²) in [7, 11) is 0. The number of rotatable bonds is 0. The molecule has 0 radical (unpaired) electrons. The summed E-state index contributed by atoms with van der Waals surface area (Å²) < 4.78 is 0. The fourth-order valence-corrected chi connectivity index (χ4v) is 0.321. The Morgan fingerprint density at radius 2 is 1.30 bits per heavy atom. The van der Waals surface area contributed by atoms with Gasteiger partial charge in [0, 0.05) is 0 Å². The van der Waals surface area contributed by atoms with E-state index in [0.29, 0.717) is 0 Å². The molecule has 1 aromatic carbocycles. The molecule has 0 amide bonds. The van der Waals surface area contributed by atoms with E-state index in [1.54, 1.807) is 0 Å². The monoisotopic (exact) mass is 317 g/mol. The van der Waals surface area contributed by atoms with Crippen LogP contribution in [0.5, 0.6) is 0 Å². The van der Waals surface area contributed by atoms with Crippen molar-refractivity contribution in [3.8, 4) is 0 Å². The summed E-state index contributed by atoms with van der Waals surface area (Å²) in [5.41, 5.74) is 0. The van der Waals surface area contributed by atoms with E-state index in [-0.39, 0.29) is 35.9 Å². The van der Waals surface area contributed by atoms with Crippen LogP contribution in [0.3, 0.4) is 0 Å². The van der Waals surface area contributed by atoms with Gasteiger partial charge in [-0.3, -0.25) is 6.58 Å². The summed E-state index contributed by atoms with van der Waals surface area (Å²) in [5, 5.41) is 0. The van der Waals surface area contributed by atoms with Crippen LogP contribution in [0.4, 0.5) is 0 Å². The van der Waals surface area contributed by atoms with Crippen LogP contribution >= 0.6 is 0 Å². The predicted molar refractivity (Wildman–Crippen MR) is 44.8 cm³/mol. The fraction of sp³-hybridized carbons (Fsp3) is 0. The van der Waals surface area contributed by atoms with E-state index < -0.39 is 0 Å². The minimum absolute atomic E-state index is 0. The molecule has 0 heterocycles. The molecule has 60 valence electrons. The average Bonchev–Trinajstić information content (AvgIpc) is 2.23. The minimum Gasteiger partial charge on any atom is -0.521 e. The standard InChI is InChI=1S/C5H5.C2H3.2CH3.Pt/c1-2-4-5-3-1;1-2;;;/h1-5H;1H,2H2;2*1H3;/q4*-1;+4. The van der Waals surface area contributed by atoms with Gasteiger partial charge in [0.05, 0.1) is 0 Å². The van der Waals surface area contributed by atoms with Crippen molar-refractivity contribution >= 4 is 0 Å². The normalized spacial score (nSPS) is 4.40. The van der Waals surface area contributed by atoms with Gasteiger partial charge in [-0.2, -0.15) is 18.2 Å². The molecule has 0 nitrogen and oxygen atoms in total. The summed E-state index contributed by atoms with van der Waals surface area (Å²) >= 11 is 0. The number of hydrogen-bond donors (Lipinski definition) is 0. The SMILES string of the molecule is [CH-]=C.[CH3-].[CH3-].[Pt+4].c1cc[cH-]c1. The molecule has 10 heavy (non-hydrogen) atoms. The zero-order valence-electron chi connectivity index (χ0n) is 6.49. The molecule has 0 fully saturated rings. The van der Waals surface area contributed by atoms with Gasteiger partial charge in [-0.15, -0.1) is 0 Å². The van der Waals surface area contributed by atoms with Crippen molar-refractivity contribution in [1.29, 1.82) is 0 Å². The second-order valence-corrected chi connectivity index (χ2v) is 0.962. The quantitative estimate of drug-likeness (QED) is 0.646. The molecule has 0 bridgehead atoms. The summed E-state index contributed by atoms with van der Waals surface area (Å²) in [6.07, 6.45) is 0. The van der Waals surface area contributed by atoms with Gasteiger partial charge in [-0.25, -0.2) is 12.1 Å². The van der Waals surface area contributed by atoms with Crippen molar-refractivity contribution < 1.29 is 21.1 Å². The Labute approximate surface area is 79.6 Å². The first-order valence-corrected chi connectivity index (χ1v) is 2.07. The molecule has 0 atom stereocenters. The van der Waals surface area contributed by atoms with Crippen molar-refractivity contribution in [3.05, 3.63) is 58.3 Å². The summed E-state index contributed by atoms with van der Waals surface area (Å²) in [6, 6.07) is 10.0. The molecule has 0 saturated carbocycles. The van der Waals surface area contributed by atoms with E-state index >= 15 is 0 Å². The first-order chi connectivity index (χ1) is 3.50. The van der Waals surface area contributed by atoms with Gasteiger partial charge >= 0.3 is 21.1 Å². The first kappa shape index (κ1) is 22.6. The molecule has 0 aliphatic heterocycles. The van der Waals surface area contributed by atoms with E-state index in [2.05, 4.69) is 13.2 Å². The van der Waals surface area contributed by atoms with Crippen LogP contribution in [0.1, 0.15) is 0 Å². The van der Waals surface area contributed by atoms with E-state index in [1.165, 1.54) is 0 Å². The van der Waals surface area contributed by atoms with Crippen LogP contribution < -0.4 is 0 Å². The third-order valence-electron chi connectivity index (χ3n) is 0.556. The Balaban J connectivity index is -0.0000000337. The molecule has 0 aliphatic carbocycles. The van der Waals surface area contributed by atoms with Crippen molar-refractivity contribution in [1.82, 2.24) is 0 Å². The van der Waals surface area contributed by atoms with Crippen LogP contribution in [0, 0.1) is 21.4 Å². The Morgan fingerprint density at radius 1 is 1.00 bits per heavy atom. The van der Waals surface area contributed by atoms with Crippen molar-refractivity contribution in [2.75, 3.05) is 0 Å². The maximum atomic E-state index is 4.25. The summed E-state index contributed by atoms with van der Waals surface area (Å²) in [5.74, 6) is 0. The van der Waals surface area contributed by atoms with Crippen molar-refractivity contribution in [2.45, 2.75) is 0 Å². The van der Waals surface area contributed by atoms with Gasteiger partial charge in [-0.05, 0) is 0 Å². The Hall–Kier alpha value is -0.222. The van der Waals surface area contributed by atoms with Crippen LogP contribution in [0.15, 0.2) is 36.9 Å². The van der Waals surface area contributed by atoms with Crippen LogP contribution in [-0.2, 0) is 21.1 Å². The minimum atomic E-state index is 0. The van der Waals surface area contributed by atoms with Gasteiger partial charge in [0.25, 0.3) is 0 Å². The smallest absolute Gasteiger partial charge is 0.521 e. The van der Waals surface area contributed by atoms with Crippen molar-refractivity contribution in [3.63, 3.8) is 0 Å². The van der Waals surface area contributed by atoms with Crippen LogP contribution in [-0.4, -0.2) is 0 Å². The molecule has 1 heteroatoms. The largest absolute Gasteiger partial charge is 4.00 e. The maximum absolute atomic E-state index is 4.25. The predicted octanol–water partition coefficient (Wildman–Crippen LogP) is 2.91. The van der Waals surface area contributed by atoms with Gasteiger partial charge in [0.15, 0.2) is 0 Å². The Kier molecular flexibility index (Phi) is 52.5. The van der Waals surface area contributed by atoms with Crippen LogP contribution in [0.25, 0.3) is 0 Å². The first-order valence-electron chi connectivity index (χ1n) is 2.07. The molecule has 1 rings (SSSR count). The van der Waals surface area contributed by atoms with E-state index in [9.17, 15) is 0 Å². The molecule has 1 aromatic rings. The third kappa shape index (κ3) is 15.7. The van der Waals surface area contributed by atoms with Gasteiger partial charge in [0.2, 0.25) is 0 Å². The molecule has 0 unspecified atom stereocenters. The molecule has 0 aliphatic rings. The Bertz CT molecular complexity index is 71.6. The van der Waals surface area contributed by atoms with Gasteiger partial charge in [-0.1, -0.05) is 0 Å². The number of hydrogen-bond acceptors (Lipinski definition) is 0. The van der Waals surface area contributed by atoms with E-state index in [1.807, 2.05) is 30.3 Å². The molecule has 0 saturated heterocycles. The second-order valence-electron chi connectivity index (χ2n) is 0.962. The topological polar surface area (TPSA) is 0 Å². The second kappa shape index (κ2) is 23.3. The van der Waals surface area contributed by atoms with Crippen molar-refractivity contribution in [2.24, 2.45) is 0 Å². The molecular formula is C9H14Pt. The zero-order valence-corrected chi connectivity index (χ0v) is 8.76. The molecular weight excluding hydrogens is 303 g/mol. The zero-order chi connectivity index (χ0) is 5.54. The summed E-state index contributed by atoms with van der Waals surface area (Å²) in [4.78, 5) is 0. The fourth-order valence-electron chi connectivity index (χ4n) is 0.321. The third-order valence-corrected chi connectivity index (χ3v) is 0.556. The Morgan fingerprint density at radius 3 is 1.40 bits per heavy atom. The molecule has 0 N–H and O–H groups in total. The molecule has 0 spiro atoms. The van der Waals surface area contributed by atoms with Crippen LogP contribution in [0.2, 0.25) is 0 Å². The summed E-state index contributed by atoms with van der Waals surface area (Å²) in [6.45, 7) is 7.00.